The van der Waals surface area contributed by atoms with Crippen LogP contribution in [0, 0.1) is 0 Å². The zero-order valence-corrected chi connectivity index (χ0v) is 29.8. The summed E-state index contributed by atoms with van der Waals surface area (Å²) in [6, 6.07) is 10.1. The van der Waals surface area contributed by atoms with Crippen molar-refractivity contribution in [3.63, 3.8) is 0 Å². The Balaban J connectivity index is 2.09. The van der Waals surface area contributed by atoms with Gasteiger partial charge in [-0.2, -0.15) is 13.2 Å². The fourth-order valence-corrected chi connectivity index (χ4v) is 9.05. The number of ether oxygens (including phenoxy) is 2. The highest BCUT2D eigenvalue weighted by molar-refractivity contribution is 7.72. The van der Waals surface area contributed by atoms with Crippen molar-refractivity contribution in [1.29, 1.82) is 0 Å². The second-order valence-electron chi connectivity index (χ2n) is 11.1. The van der Waals surface area contributed by atoms with Crippen LogP contribution in [0.2, 0.25) is 0 Å². The van der Waals surface area contributed by atoms with Gasteiger partial charge in [0.2, 0.25) is 17.3 Å². The van der Waals surface area contributed by atoms with Gasteiger partial charge in [-0.1, -0.05) is 32.9 Å². The lowest BCUT2D eigenvalue weighted by Crippen LogP contribution is -2.39. The van der Waals surface area contributed by atoms with Gasteiger partial charge >= 0.3 is 27.5 Å². The van der Waals surface area contributed by atoms with Gasteiger partial charge in [0.15, 0.2) is 6.10 Å². The zero-order valence-electron chi connectivity index (χ0n) is 28.0. The Bertz CT molecular complexity index is 1370. The molecule has 270 valence electrons. The summed E-state index contributed by atoms with van der Waals surface area (Å²) in [5.74, 6) is -0.451. The number of carbonyl (C=O) groups is 2. The fraction of sp³-hybridized carbons (Fsp3) is 0.567. The third kappa shape index (κ3) is 12.5. The first kappa shape index (κ1) is 41.2. The number of carbonyl (C=O) groups excluding carboxylic acids is 2. The van der Waals surface area contributed by atoms with E-state index in [1.807, 2.05) is 12.1 Å². The molecule has 2 rings (SSSR count). The molecule has 1 aromatic heterocycles. The number of benzene rings is 1. The highest BCUT2D eigenvalue weighted by atomic mass is 31.2. The van der Waals surface area contributed by atoms with Crippen molar-refractivity contribution >= 4 is 32.9 Å². The van der Waals surface area contributed by atoms with Gasteiger partial charge in [-0.25, -0.2) is 9.78 Å². The molecule has 13 nitrogen and oxygen atoms in total. The van der Waals surface area contributed by atoms with Gasteiger partial charge in [0.05, 0.1) is 38.3 Å². The zero-order chi connectivity index (χ0) is 36.2. The van der Waals surface area contributed by atoms with E-state index in [4.69, 9.17) is 22.8 Å². The minimum atomic E-state index is -5.06. The van der Waals surface area contributed by atoms with Crippen molar-refractivity contribution in [3.8, 4) is 11.6 Å². The molecule has 0 saturated carbocycles. The number of amides is 2. The molecule has 0 bridgehead atoms. The van der Waals surface area contributed by atoms with Crippen molar-refractivity contribution in [2.24, 2.45) is 0 Å². The average molecular weight is 726 g/mol. The topological polar surface area (TPSA) is 161 Å². The number of rotatable bonds is 18. The molecule has 0 aliphatic rings. The van der Waals surface area contributed by atoms with Gasteiger partial charge in [-0.05, 0) is 56.9 Å². The van der Waals surface area contributed by atoms with E-state index in [-0.39, 0.29) is 43.4 Å². The summed E-state index contributed by atoms with van der Waals surface area (Å²) in [6.07, 6.45) is -10.00. The molecule has 2 amide bonds. The van der Waals surface area contributed by atoms with Crippen LogP contribution in [-0.4, -0.2) is 61.2 Å². The molecule has 0 radical (unpaired) electrons. The molecule has 0 saturated heterocycles. The molecule has 1 heterocycles. The van der Waals surface area contributed by atoms with E-state index in [2.05, 4.69) is 41.1 Å². The molecule has 2 N–H and O–H groups in total. The van der Waals surface area contributed by atoms with Gasteiger partial charge in [0.25, 0.3) is 0 Å². The lowest BCUT2D eigenvalue weighted by molar-refractivity contribution is -0.204. The van der Waals surface area contributed by atoms with Crippen molar-refractivity contribution < 1.29 is 59.5 Å². The Kier molecular flexibility index (Phi) is 15.5. The maximum atomic E-state index is 13.8. The third-order valence-corrected chi connectivity index (χ3v) is 11.9. The molecule has 0 aliphatic heterocycles. The first-order valence-corrected chi connectivity index (χ1v) is 18.5. The number of hydrogen-bond acceptors (Lipinski definition) is 11. The van der Waals surface area contributed by atoms with E-state index < -0.39 is 57.8 Å². The van der Waals surface area contributed by atoms with Gasteiger partial charge in [0.1, 0.15) is 5.75 Å². The van der Waals surface area contributed by atoms with Gasteiger partial charge in [-0.3, -0.25) is 19.2 Å². The van der Waals surface area contributed by atoms with Crippen LogP contribution in [0.1, 0.15) is 66.9 Å². The quantitative estimate of drug-likeness (QED) is 0.142. The van der Waals surface area contributed by atoms with E-state index in [0.717, 1.165) is 5.56 Å². The van der Waals surface area contributed by atoms with E-state index in [1.54, 1.807) is 12.1 Å². The maximum Gasteiger partial charge on any atom is 0.425 e. The Labute approximate surface area is 278 Å². The maximum absolute atomic E-state index is 13.8. The van der Waals surface area contributed by atoms with Crippen molar-refractivity contribution in [3.05, 3.63) is 48.2 Å². The van der Waals surface area contributed by atoms with E-state index in [1.165, 1.54) is 46.0 Å². The van der Waals surface area contributed by atoms with Crippen LogP contribution in [-0.2, 0) is 42.2 Å². The second-order valence-corrected chi connectivity index (χ2v) is 15.7. The van der Waals surface area contributed by atoms with Gasteiger partial charge in [0, 0.05) is 18.9 Å². The standard InChI is InChI=1S/C30H44F3N3O10P2/c1-8-41-47(39,42-9-2)28(48(40,43-10-3)44-11-4)36-25(37)18-17-24(30(31,32)33)46-27(38)35-22-14-19-26(34-20-22)45-23-15-12-21(13-16-23)29(5,6)7/h12-16,19-20,24,28H,8-11,17-18H2,1-7H3,(H,35,38)(H,36,37). The Morgan fingerprint density at radius 2 is 1.35 bits per heavy atom. The van der Waals surface area contributed by atoms with E-state index >= 15 is 0 Å². The van der Waals surface area contributed by atoms with Crippen LogP contribution in [0.25, 0.3) is 0 Å². The highest BCUT2D eigenvalue weighted by Gasteiger charge is 2.52. The highest BCUT2D eigenvalue weighted by Crippen LogP contribution is 2.69. The number of nitrogens with one attached hydrogen (secondary N) is 2. The molecular formula is C30H44F3N3O10P2. The van der Waals surface area contributed by atoms with Crippen molar-refractivity contribution in [2.45, 2.75) is 84.5 Å². The van der Waals surface area contributed by atoms with Crippen LogP contribution in [0.5, 0.6) is 11.6 Å². The Morgan fingerprint density at radius 3 is 1.77 bits per heavy atom. The predicted molar refractivity (Wildman–Crippen MR) is 172 cm³/mol. The third-order valence-electron chi connectivity index (χ3n) is 6.30. The van der Waals surface area contributed by atoms with Crippen molar-refractivity contribution in [1.82, 2.24) is 10.3 Å². The van der Waals surface area contributed by atoms with Crippen molar-refractivity contribution in [2.75, 3.05) is 31.7 Å². The number of alkyl halides is 3. The van der Waals surface area contributed by atoms with Crippen LogP contribution in [0.15, 0.2) is 42.6 Å². The molecule has 1 atom stereocenters. The minimum absolute atomic E-state index is 0.0159. The Morgan fingerprint density at radius 1 is 0.833 bits per heavy atom. The lowest BCUT2D eigenvalue weighted by atomic mass is 9.87. The number of pyridine rings is 1. The summed E-state index contributed by atoms with van der Waals surface area (Å²) in [5, 5.41) is 4.32. The van der Waals surface area contributed by atoms with Crippen LogP contribution in [0.4, 0.5) is 23.7 Å². The number of aromatic nitrogens is 1. The van der Waals surface area contributed by atoms with Gasteiger partial charge < -0.3 is 32.9 Å². The normalized spacial score (nSPS) is 13.2. The molecule has 1 unspecified atom stereocenters. The Hall–Kier alpha value is -3.00. The minimum Gasteiger partial charge on any atom is -0.439 e. The van der Waals surface area contributed by atoms with Crippen LogP contribution >= 0.6 is 15.2 Å². The summed E-state index contributed by atoms with van der Waals surface area (Å²) in [5.41, 5.74) is -0.904. The molecule has 2 aromatic rings. The molecule has 18 heteroatoms. The first-order chi connectivity index (χ1) is 22.4. The summed E-state index contributed by atoms with van der Waals surface area (Å²) >= 11 is 0. The molecule has 0 fully saturated rings. The van der Waals surface area contributed by atoms with E-state index in [0.29, 0.717) is 5.75 Å². The van der Waals surface area contributed by atoms with Gasteiger partial charge in [-0.15, -0.1) is 0 Å². The van der Waals surface area contributed by atoms with Crippen LogP contribution < -0.4 is 15.4 Å². The number of halogens is 3. The SMILES string of the molecule is CCOP(=O)(OCC)C(NC(=O)CCC(OC(=O)Nc1ccc(Oc2ccc(C(C)(C)C)cc2)nc1)C(F)(F)F)P(=O)(OCC)OCC. The molecule has 0 aliphatic carbocycles. The second kappa shape index (κ2) is 18.1. The smallest absolute Gasteiger partial charge is 0.425 e. The van der Waals surface area contributed by atoms with E-state index in [9.17, 15) is 31.9 Å². The number of hydrogen-bond donors (Lipinski definition) is 2. The summed E-state index contributed by atoms with van der Waals surface area (Å²) in [7, 11) is -8.83. The largest absolute Gasteiger partial charge is 0.439 e. The molecular weight excluding hydrogens is 681 g/mol. The molecule has 0 spiro atoms. The number of nitrogens with zero attached hydrogens (tertiary/aromatic N) is 1. The summed E-state index contributed by atoms with van der Waals surface area (Å²) < 4.78 is 99.8. The lowest BCUT2D eigenvalue weighted by Gasteiger charge is -2.31. The average Bonchev–Trinajstić information content (AvgIpc) is 2.98. The molecule has 48 heavy (non-hydrogen) atoms. The molecule has 1 aromatic carbocycles. The predicted octanol–water partition coefficient (Wildman–Crippen LogP) is 8.36. The van der Waals surface area contributed by atoms with Crippen LogP contribution in [0.3, 0.4) is 0 Å². The fourth-order valence-electron chi connectivity index (χ4n) is 4.11. The first-order valence-electron chi connectivity index (χ1n) is 15.3. The monoisotopic (exact) mass is 725 g/mol. The summed E-state index contributed by atoms with van der Waals surface area (Å²) in [4.78, 5) is 29.3. The summed E-state index contributed by atoms with van der Waals surface area (Å²) in [6.45, 7) is 11.4. The number of anilines is 1.